The normalized spacial score (nSPS) is 11.1. The Morgan fingerprint density at radius 1 is 1.04 bits per heavy atom. The number of hydrogen-bond acceptors (Lipinski definition) is 5. The van der Waals surface area contributed by atoms with Gasteiger partial charge in [0, 0.05) is 23.8 Å². The fraction of sp³-hybridized carbons (Fsp3) is 0.0476. The van der Waals surface area contributed by atoms with Gasteiger partial charge in [0.25, 0.3) is 5.56 Å². The molecule has 5 rings (SSSR count). The summed E-state index contributed by atoms with van der Waals surface area (Å²) in [7, 11) is 0. The molecule has 2 aromatic carbocycles. The minimum absolute atomic E-state index is 0.119. The summed E-state index contributed by atoms with van der Waals surface area (Å²) in [6.45, 7) is 0.693. The van der Waals surface area contributed by atoms with Crippen LogP contribution in [0.4, 0.5) is 0 Å². The van der Waals surface area contributed by atoms with Crippen molar-refractivity contribution in [1.82, 2.24) is 24.7 Å². The number of aromatic nitrogens is 5. The van der Waals surface area contributed by atoms with Gasteiger partial charge in [0.05, 0.1) is 29.2 Å². The molecule has 0 aliphatic carbocycles. The molecule has 0 saturated carbocycles. The molecule has 0 saturated heterocycles. The van der Waals surface area contributed by atoms with Crippen molar-refractivity contribution < 1.29 is 4.74 Å². The monoisotopic (exact) mass is 369 g/mol. The van der Waals surface area contributed by atoms with Crippen LogP contribution in [0.5, 0.6) is 11.8 Å². The number of pyridine rings is 1. The number of nitrogens with zero attached hydrogens (tertiary/aromatic N) is 4. The number of rotatable bonds is 4. The molecule has 0 aliphatic rings. The highest BCUT2D eigenvalue weighted by Crippen LogP contribution is 2.23. The molecule has 0 atom stereocenters. The Hall–Kier alpha value is -4.00. The second-order valence-corrected chi connectivity index (χ2v) is 6.40. The van der Waals surface area contributed by atoms with Crippen LogP contribution >= 0.6 is 0 Å². The fourth-order valence-corrected chi connectivity index (χ4v) is 3.09. The van der Waals surface area contributed by atoms with Crippen LogP contribution in [0.2, 0.25) is 0 Å². The maximum absolute atomic E-state index is 12.2. The molecular formula is C21H15N5O2. The van der Waals surface area contributed by atoms with Gasteiger partial charge < -0.3 is 4.74 Å². The van der Waals surface area contributed by atoms with Gasteiger partial charge in [-0.15, -0.1) is 0 Å². The van der Waals surface area contributed by atoms with Gasteiger partial charge in [-0.2, -0.15) is 10.1 Å². The van der Waals surface area contributed by atoms with Crippen LogP contribution in [-0.4, -0.2) is 24.7 Å². The zero-order chi connectivity index (χ0) is 18.9. The Labute approximate surface area is 159 Å². The molecule has 136 valence electrons. The maximum atomic E-state index is 12.2. The third kappa shape index (κ3) is 3.09. The Kier molecular flexibility index (Phi) is 3.83. The lowest BCUT2D eigenvalue weighted by Gasteiger charge is -2.05. The summed E-state index contributed by atoms with van der Waals surface area (Å²) in [4.78, 5) is 23.1. The maximum Gasteiger partial charge on any atom is 0.302 e. The van der Waals surface area contributed by atoms with E-state index in [0.29, 0.717) is 23.2 Å². The molecule has 0 unspecified atom stereocenters. The van der Waals surface area contributed by atoms with E-state index in [1.54, 1.807) is 12.3 Å². The number of benzene rings is 2. The summed E-state index contributed by atoms with van der Waals surface area (Å²) in [5.74, 6) is 0.545. The largest absolute Gasteiger partial charge is 0.425 e. The first-order valence-corrected chi connectivity index (χ1v) is 8.78. The van der Waals surface area contributed by atoms with Crippen molar-refractivity contribution in [2.75, 3.05) is 0 Å². The van der Waals surface area contributed by atoms with Crippen molar-refractivity contribution in [2.24, 2.45) is 0 Å². The SMILES string of the molecule is O=c1[nH]c(Oc2ccc3cn(Cc4ccccc4)nc3c2)nc2cnccc12. The molecule has 7 heteroatoms. The Morgan fingerprint density at radius 2 is 1.93 bits per heavy atom. The lowest BCUT2D eigenvalue weighted by Crippen LogP contribution is -2.09. The van der Waals surface area contributed by atoms with Gasteiger partial charge in [0.15, 0.2) is 0 Å². The zero-order valence-electron chi connectivity index (χ0n) is 14.7. The van der Waals surface area contributed by atoms with Crippen molar-refractivity contribution in [2.45, 2.75) is 6.54 Å². The van der Waals surface area contributed by atoms with Crippen LogP contribution in [0.15, 0.2) is 78.0 Å². The molecule has 3 heterocycles. The fourth-order valence-electron chi connectivity index (χ4n) is 3.09. The zero-order valence-corrected chi connectivity index (χ0v) is 14.7. The van der Waals surface area contributed by atoms with Crippen LogP contribution in [0.25, 0.3) is 21.8 Å². The van der Waals surface area contributed by atoms with Crippen LogP contribution in [0.1, 0.15) is 5.56 Å². The third-order valence-corrected chi connectivity index (χ3v) is 4.42. The molecule has 0 fully saturated rings. The van der Waals surface area contributed by atoms with E-state index in [1.807, 2.05) is 47.3 Å². The van der Waals surface area contributed by atoms with Gasteiger partial charge in [-0.3, -0.25) is 19.4 Å². The minimum Gasteiger partial charge on any atom is -0.425 e. The number of H-pyrrole nitrogens is 1. The molecule has 0 bridgehead atoms. The highest BCUT2D eigenvalue weighted by atomic mass is 16.5. The second-order valence-electron chi connectivity index (χ2n) is 6.40. The number of hydrogen-bond donors (Lipinski definition) is 1. The Balaban J connectivity index is 1.44. The summed E-state index contributed by atoms with van der Waals surface area (Å²) >= 11 is 0. The number of ether oxygens (including phenoxy) is 1. The molecule has 3 aromatic heterocycles. The summed E-state index contributed by atoms with van der Waals surface area (Å²) in [6, 6.07) is 17.5. The van der Waals surface area contributed by atoms with Crippen molar-refractivity contribution in [3.8, 4) is 11.8 Å². The number of fused-ring (bicyclic) bond motifs is 2. The average molecular weight is 369 g/mol. The molecule has 0 aliphatic heterocycles. The first-order valence-electron chi connectivity index (χ1n) is 8.78. The first kappa shape index (κ1) is 16.2. The van der Waals surface area contributed by atoms with Gasteiger partial charge in [-0.25, -0.2) is 0 Å². The summed E-state index contributed by atoms with van der Waals surface area (Å²) in [5.41, 5.74) is 2.20. The first-order chi connectivity index (χ1) is 13.7. The summed E-state index contributed by atoms with van der Waals surface area (Å²) < 4.78 is 7.65. The van der Waals surface area contributed by atoms with E-state index >= 15 is 0 Å². The van der Waals surface area contributed by atoms with Crippen molar-refractivity contribution >= 4 is 21.8 Å². The van der Waals surface area contributed by atoms with Crippen LogP contribution in [0.3, 0.4) is 0 Å². The summed E-state index contributed by atoms with van der Waals surface area (Å²) in [5, 5.41) is 6.09. The molecule has 0 radical (unpaired) electrons. The lowest BCUT2D eigenvalue weighted by molar-refractivity contribution is 0.443. The van der Waals surface area contributed by atoms with Gasteiger partial charge in [-0.1, -0.05) is 30.3 Å². The third-order valence-electron chi connectivity index (χ3n) is 4.42. The predicted octanol–water partition coefficient (Wildman–Crippen LogP) is 3.51. The molecule has 0 spiro atoms. The van der Waals surface area contributed by atoms with Gasteiger partial charge in [-0.05, 0) is 23.8 Å². The van der Waals surface area contributed by atoms with E-state index in [1.165, 1.54) is 11.8 Å². The van der Waals surface area contributed by atoms with E-state index in [-0.39, 0.29) is 11.6 Å². The predicted molar refractivity (Wildman–Crippen MR) is 106 cm³/mol. The number of aromatic amines is 1. The van der Waals surface area contributed by atoms with Crippen molar-refractivity contribution in [3.05, 3.63) is 89.1 Å². The smallest absolute Gasteiger partial charge is 0.302 e. The Morgan fingerprint density at radius 3 is 2.82 bits per heavy atom. The molecular weight excluding hydrogens is 354 g/mol. The average Bonchev–Trinajstić information content (AvgIpc) is 3.10. The topological polar surface area (TPSA) is 85.7 Å². The second kappa shape index (κ2) is 6.62. The molecule has 28 heavy (non-hydrogen) atoms. The van der Waals surface area contributed by atoms with Crippen LogP contribution in [-0.2, 0) is 6.54 Å². The van der Waals surface area contributed by atoms with E-state index in [2.05, 4.69) is 32.2 Å². The van der Waals surface area contributed by atoms with Gasteiger partial charge in [0.2, 0.25) is 0 Å². The highest BCUT2D eigenvalue weighted by Gasteiger charge is 2.08. The van der Waals surface area contributed by atoms with Crippen molar-refractivity contribution in [3.63, 3.8) is 0 Å². The van der Waals surface area contributed by atoms with E-state index in [0.717, 1.165) is 10.9 Å². The highest BCUT2D eigenvalue weighted by molar-refractivity contribution is 5.80. The molecule has 0 amide bonds. The molecule has 5 aromatic rings. The lowest BCUT2D eigenvalue weighted by atomic mass is 10.2. The summed E-state index contributed by atoms with van der Waals surface area (Å²) in [6.07, 6.45) is 5.08. The van der Waals surface area contributed by atoms with E-state index < -0.39 is 0 Å². The van der Waals surface area contributed by atoms with E-state index in [9.17, 15) is 4.79 Å². The minimum atomic E-state index is -0.268. The standard InChI is InChI=1S/C21H15N5O2/c27-20-17-8-9-22-11-19(17)23-21(24-20)28-16-7-6-15-13-26(25-18(15)10-16)12-14-4-2-1-3-5-14/h1-11,13H,12H2,(H,23,24,27). The van der Waals surface area contributed by atoms with Gasteiger partial charge >= 0.3 is 6.01 Å². The molecule has 1 N–H and O–H groups in total. The van der Waals surface area contributed by atoms with Crippen LogP contribution < -0.4 is 10.3 Å². The quantitative estimate of drug-likeness (QED) is 0.524. The Bertz CT molecular complexity index is 1340. The molecule has 7 nitrogen and oxygen atoms in total. The van der Waals surface area contributed by atoms with Crippen LogP contribution in [0, 0.1) is 0 Å². The van der Waals surface area contributed by atoms with Crippen molar-refractivity contribution in [1.29, 1.82) is 0 Å². The number of nitrogens with one attached hydrogen (secondary N) is 1. The van der Waals surface area contributed by atoms with Gasteiger partial charge in [0.1, 0.15) is 5.75 Å². The van der Waals surface area contributed by atoms with E-state index in [4.69, 9.17) is 4.74 Å².